The molecule has 0 radical (unpaired) electrons. The first-order valence-corrected chi connectivity index (χ1v) is 8.37. The minimum absolute atomic E-state index is 0.0419. The number of rotatable bonds is 6. The van der Waals surface area contributed by atoms with Crippen molar-refractivity contribution in [2.75, 3.05) is 32.8 Å². The fourth-order valence-corrected chi connectivity index (χ4v) is 3.15. The van der Waals surface area contributed by atoms with Gasteiger partial charge in [0.25, 0.3) is 5.91 Å². The number of hydrogen-bond acceptors (Lipinski definition) is 4. The van der Waals surface area contributed by atoms with Gasteiger partial charge in [-0.2, -0.15) is 0 Å². The molecule has 1 fully saturated rings. The Kier molecular flexibility index (Phi) is 6.74. The summed E-state index contributed by atoms with van der Waals surface area (Å²) in [6, 6.07) is 1.86. The number of hydrogen-bond donors (Lipinski definition) is 2. The van der Waals surface area contributed by atoms with E-state index in [1.54, 1.807) is 0 Å². The van der Waals surface area contributed by atoms with Gasteiger partial charge >= 0.3 is 0 Å². The predicted molar refractivity (Wildman–Crippen MR) is 85.5 cm³/mol. The smallest absolute Gasteiger partial charge is 0.262 e. The molecule has 0 bridgehead atoms. The number of thiophene rings is 1. The van der Waals surface area contributed by atoms with E-state index in [9.17, 15) is 4.79 Å². The van der Waals surface area contributed by atoms with Crippen LogP contribution in [0.25, 0.3) is 0 Å². The molecule has 2 rings (SSSR count). The summed E-state index contributed by atoms with van der Waals surface area (Å²) in [5.41, 5.74) is 0.755. The SMILES string of the molecule is O=C(NCCCN1CCCC1)c1sccc1C#CCCO. The van der Waals surface area contributed by atoms with Crippen molar-refractivity contribution >= 4 is 17.2 Å². The summed E-state index contributed by atoms with van der Waals surface area (Å²) in [4.78, 5) is 15.2. The van der Waals surface area contributed by atoms with Gasteiger partial charge in [0.2, 0.25) is 0 Å². The second-order valence-electron chi connectivity index (χ2n) is 5.10. The average Bonchev–Trinajstić information content (AvgIpc) is 3.15. The first-order valence-electron chi connectivity index (χ1n) is 7.49. The molecular formula is C16H22N2O2S. The van der Waals surface area contributed by atoms with Gasteiger partial charge in [0.05, 0.1) is 6.61 Å². The summed E-state index contributed by atoms with van der Waals surface area (Å²) in [7, 11) is 0. The van der Waals surface area contributed by atoms with Crippen LogP contribution in [-0.2, 0) is 0 Å². The third-order valence-corrected chi connectivity index (χ3v) is 4.38. The van der Waals surface area contributed by atoms with Crippen LogP contribution in [0.3, 0.4) is 0 Å². The van der Waals surface area contributed by atoms with E-state index in [0.29, 0.717) is 17.8 Å². The lowest BCUT2D eigenvalue weighted by Crippen LogP contribution is -2.28. The van der Waals surface area contributed by atoms with Crippen LogP contribution in [0.2, 0.25) is 0 Å². The minimum Gasteiger partial charge on any atom is -0.395 e. The van der Waals surface area contributed by atoms with Crippen molar-refractivity contribution in [2.45, 2.75) is 25.7 Å². The maximum atomic E-state index is 12.1. The second-order valence-corrected chi connectivity index (χ2v) is 6.01. The Hall–Kier alpha value is -1.35. The molecule has 1 aromatic heterocycles. The molecule has 1 aliphatic heterocycles. The van der Waals surface area contributed by atoms with Gasteiger partial charge in [-0.25, -0.2) is 0 Å². The van der Waals surface area contributed by atoms with Crippen molar-refractivity contribution in [3.8, 4) is 11.8 Å². The van der Waals surface area contributed by atoms with Crippen LogP contribution in [-0.4, -0.2) is 48.7 Å². The molecule has 1 aromatic rings. The number of carbonyl (C=O) groups is 1. The summed E-state index contributed by atoms with van der Waals surface area (Å²) in [5.74, 6) is 5.76. The Morgan fingerprint density at radius 3 is 3.00 bits per heavy atom. The van der Waals surface area contributed by atoms with E-state index in [2.05, 4.69) is 22.1 Å². The lowest BCUT2D eigenvalue weighted by Gasteiger charge is -2.14. The number of aliphatic hydroxyl groups excluding tert-OH is 1. The Balaban J connectivity index is 1.75. The van der Waals surface area contributed by atoms with Gasteiger partial charge in [-0.05, 0) is 50.3 Å². The highest BCUT2D eigenvalue weighted by Crippen LogP contribution is 2.15. The molecule has 2 N–H and O–H groups in total. The largest absolute Gasteiger partial charge is 0.395 e. The van der Waals surface area contributed by atoms with E-state index in [-0.39, 0.29) is 12.5 Å². The molecule has 1 aliphatic rings. The summed E-state index contributed by atoms with van der Waals surface area (Å²) in [6.45, 7) is 4.22. The number of nitrogens with one attached hydrogen (secondary N) is 1. The van der Waals surface area contributed by atoms with Crippen molar-refractivity contribution in [3.05, 3.63) is 21.9 Å². The normalized spacial score (nSPS) is 14.7. The highest BCUT2D eigenvalue weighted by molar-refractivity contribution is 7.12. The van der Waals surface area contributed by atoms with Crippen molar-refractivity contribution in [3.63, 3.8) is 0 Å². The number of nitrogens with zero attached hydrogens (tertiary/aromatic N) is 1. The molecule has 0 unspecified atom stereocenters. The van der Waals surface area contributed by atoms with Crippen LogP contribution < -0.4 is 5.32 Å². The van der Waals surface area contributed by atoms with Crippen molar-refractivity contribution in [2.24, 2.45) is 0 Å². The second kappa shape index (κ2) is 8.83. The molecular weight excluding hydrogens is 284 g/mol. The van der Waals surface area contributed by atoms with Gasteiger partial charge in [-0.1, -0.05) is 11.8 Å². The van der Waals surface area contributed by atoms with E-state index in [1.165, 1.54) is 37.3 Å². The van der Waals surface area contributed by atoms with Crippen LogP contribution in [0.5, 0.6) is 0 Å². The summed E-state index contributed by atoms with van der Waals surface area (Å²) in [5, 5.41) is 13.6. The highest BCUT2D eigenvalue weighted by atomic mass is 32.1. The Morgan fingerprint density at radius 1 is 1.43 bits per heavy atom. The van der Waals surface area contributed by atoms with Gasteiger partial charge in [-0.15, -0.1) is 11.3 Å². The zero-order valence-electron chi connectivity index (χ0n) is 12.2. The molecule has 0 spiro atoms. The Labute approximate surface area is 130 Å². The molecule has 0 atom stereocenters. The van der Waals surface area contributed by atoms with E-state index in [0.717, 1.165) is 18.5 Å². The lowest BCUT2D eigenvalue weighted by atomic mass is 10.2. The van der Waals surface area contributed by atoms with Crippen LogP contribution in [0.15, 0.2) is 11.4 Å². The maximum absolute atomic E-state index is 12.1. The zero-order valence-corrected chi connectivity index (χ0v) is 13.0. The van der Waals surface area contributed by atoms with Gasteiger partial charge in [0, 0.05) is 18.5 Å². The van der Waals surface area contributed by atoms with Crippen molar-refractivity contribution in [1.29, 1.82) is 0 Å². The maximum Gasteiger partial charge on any atom is 0.262 e. The molecule has 4 nitrogen and oxygen atoms in total. The molecule has 21 heavy (non-hydrogen) atoms. The third kappa shape index (κ3) is 5.16. The van der Waals surface area contributed by atoms with E-state index >= 15 is 0 Å². The topological polar surface area (TPSA) is 52.6 Å². The first-order chi connectivity index (χ1) is 10.3. The van der Waals surface area contributed by atoms with E-state index < -0.39 is 0 Å². The van der Waals surface area contributed by atoms with E-state index in [1.807, 2.05) is 11.4 Å². The lowest BCUT2D eigenvalue weighted by molar-refractivity contribution is 0.0956. The predicted octanol–water partition coefficient (Wildman–Crippen LogP) is 1.70. The van der Waals surface area contributed by atoms with Gasteiger partial charge < -0.3 is 15.3 Å². The quantitative estimate of drug-likeness (QED) is 0.621. The average molecular weight is 306 g/mol. The van der Waals surface area contributed by atoms with Gasteiger partial charge in [0.1, 0.15) is 4.88 Å². The van der Waals surface area contributed by atoms with Crippen LogP contribution >= 0.6 is 11.3 Å². The molecule has 0 saturated carbocycles. The number of amides is 1. The Morgan fingerprint density at radius 2 is 2.24 bits per heavy atom. The summed E-state index contributed by atoms with van der Waals surface area (Å²) < 4.78 is 0. The summed E-state index contributed by atoms with van der Waals surface area (Å²) >= 11 is 1.41. The molecule has 1 saturated heterocycles. The standard InChI is InChI=1S/C16H22N2O2S/c19-12-4-1-6-14-7-13-21-15(14)16(20)17-8-5-11-18-9-2-3-10-18/h7,13,19H,2-5,8-12H2,(H,17,20). The zero-order chi connectivity index (χ0) is 14.9. The number of carbonyl (C=O) groups excluding carboxylic acids is 1. The molecule has 1 amide bonds. The molecule has 5 heteroatoms. The van der Waals surface area contributed by atoms with Crippen molar-refractivity contribution < 1.29 is 9.90 Å². The van der Waals surface area contributed by atoms with Crippen LogP contribution in [0, 0.1) is 11.8 Å². The molecule has 0 aliphatic carbocycles. The minimum atomic E-state index is -0.0419. The third-order valence-electron chi connectivity index (χ3n) is 3.47. The van der Waals surface area contributed by atoms with Gasteiger partial charge in [-0.3, -0.25) is 4.79 Å². The molecule has 2 heterocycles. The molecule has 114 valence electrons. The fourth-order valence-electron chi connectivity index (χ4n) is 2.39. The number of aliphatic hydroxyl groups is 1. The van der Waals surface area contributed by atoms with Crippen LogP contribution in [0.1, 0.15) is 40.9 Å². The van der Waals surface area contributed by atoms with Gasteiger partial charge in [0.15, 0.2) is 0 Å². The molecule has 0 aromatic carbocycles. The first kappa shape index (κ1) is 16.0. The van der Waals surface area contributed by atoms with Crippen LogP contribution in [0.4, 0.5) is 0 Å². The Bertz CT molecular complexity index is 510. The van der Waals surface area contributed by atoms with Crippen molar-refractivity contribution in [1.82, 2.24) is 10.2 Å². The fraction of sp³-hybridized carbons (Fsp3) is 0.562. The monoisotopic (exact) mass is 306 g/mol. The van der Waals surface area contributed by atoms with E-state index in [4.69, 9.17) is 5.11 Å². The highest BCUT2D eigenvalue weighted by Gasteiger charge is 2.13. The summed E-state index contributed by atoms with van der Waals surface area (Å²) in [6.07, 6.45) is 4.03. The number of likely N-dealkylation sites (tertiary alicyclic amines) is 1.